The minimum atomic E-state index is 0.248. The third-order valence-corrected chi connectivity index (χ3v) is 2.93. The van der Waals surface area contributed by atoms with Crippen LogP contribution in [0.1, 0.15) is 24.8 Å². The van der Waals surface area contributed by atoms with Gasteiger partial charge >= 0.3 is 0 Å². The van der Waals surface area contributed by atoms with Gasteiger partial charge in [-0.3, -0.25) is 0 Å². The minimum absolute atomic E-state index is 0.248. The molecule has 2 heteroatoms. The molecule has 0 aliphatic heterocycles. The van der Waals surface area contributed by atoms with Crippen molar-refractivity contribution in [3.8, 4) is 12.1 Å². The maximum absolute atomic E-state index is 8.88. The van der Waals surface area contributed by atoms with Crippen molar-refractivity contribution >= 4 is 5.57 Å². The first-order valence-corrected chi connectivity index (χ1v) is 5.64. The van der Waals surface area contributed by atoms with E-state index in [1.54, 1.807) is 0 Å². The lowest BCUT2D eigenvalue weighted by Crippen LogP contribution is -1.97. The Morgan fingerprint density at radius 2 is 1.71 bits per heavy atom. The number of hydrogen-bond donors (Lipinski definition) is 0. The van der Waals surface area contributed by atoms with Crippen molar-refractivity contribution in [3.05, 3.63) is 53.1 Å². The van der Waals surface area contributed by atoms with E-state index < -0.39 is 0 Å². The highest BCUT2D eigenvalue weighted by molar-refractivity contribution is 5.70. The Balaban J connectivity index is 2.42. The fourth-order valence-electron chi connectivity index (χ4n) is 2.07. The van der Waals surface area contributed by atoms with Gasteiger partial charge in [-0.2, -0.15) is 10.5 Å². The molecule has 0 bridgehead atoms. The molecule has 0 spiro atoms. The van der Waals surface area contributed by atoms with E-state index in [2.05, 4.69) is 12.1 Å². The Kier molecular flexibility index (Phi) is 3.38. The summed E-state index contributed by atoms with van der Waals surface area (Å²) in [6.07, 6.45) is 4.84. The molecule has 17 heavy (non-hydrogen) atoms. The van der Waals surface area contributed by atoms with Gasteiger partial charge in [0.15, 0.2) is 0 Å². The van der Waals surface area contributed by atoms with Crippen LogP contribution in [0, 0.1) is 22.7 Å². The van der Waals surface area contributed by atoms with Gasteiger partial charge in [-0.1, -0.05) is 36.4 Å². The van der Waals surface area contributed by atoms with Crippen LogP contribution in [0.5, 0.6) is 0 Å². The van der Waals surface area contributed by atoms with Crippen LogP contribution in [-0.2, 0) is 0 Å². The molecule has 1 aliphatic rings. The first-order chi connectivity index (χ1) is 8.35. The summed E-state index contributed by atoms with van der Waals surface area (Å²) in [4.78, 5) is 0. The summed E-state index contributed by atoms with van der Waals surface area (Å²) >= 11 is 0. The van der Waals surface area contributed by atoms with Crippen molar-refractivity contribution in [1.29, 1.82) is 10.5 Å². The average molecular weight is 220 g/mol. The van der Waals surface area contributed by atoms with E-state index >= 15 is 0 Å². The molecule has 1 aromatic rings. The fraction of sp³-hybridized carbons (Fsp3) is 0.200. The van der Waals surface area contributed by atoms with Gasteiger partial charge in [0, 0.05) is 0 Å². The van der Waals surface area contributed by atoms with Crippen LogP contribution in [0.2, 0.25) is 0 Å². The number of rotatable bonds is 1. The number of nitriles is 2. The lowest BCUT2D eigenvalue weighted by molar-refractivity contribution is 0.831. The number of hydrogen-bond acceptors (Lipinski definition) is 2. The van der Waals surface area contributed by atoms with Crippen molar-refractivity contribution in [2.24, 2.45) is 0 Å². The molecule has 0 N–H and O–H groups in total. The van der Waals surface area contributed by atoms with Gasteiger partial charge in [0.05, 0.1) is 0 Å². The van der Waals surface area contributed by atoms with E-state index in [9.17, 15) is 0 Å². The third kappa shape index (κ3) is 2.44. The Morgan fingerprint density at radius 1 is 1.00 bits per heavy atom. The Morgan fingerprint density at radius 3 is 2.35 bits per heavy atom. The third-order valence-electron chi connectivity index (χ3n) is 2.93. The van der Waals surface area contributed by atoms with Crippen LogP contribution in [0.25, 0.3) is 5.57 Å². The van der Waals surface area contributed by atoms with Crippen molar-refractivity contribution in [1.82, 2.24) is 0 Å². The molecule has 82 valence electrons. The summed E-state index contributed by atoms with van der Waals surface area (Å²) in [5, 5.41) is 17.8. The van der Waals surface area contributed by atoms with Crippen LogP contribution in [0.15, 0.2) is 47.6 Å². The molecular weight excluding hydrogens is 208 g/mol. The maximum Gasteiger partial charge on any atom is 0.132 e. The number of nitrogens with zero attached hydrogens (tertiary/aromatic N) is 2. The largest absolute Gasteiger partial charge is 0.192 e. The quantitative estimate of drug-likeness (QED) is 0.679. The van der Waals surface area contributed by atoms with Gasteiger partial charge < -0.3 is 0 Å². The number of allylic oxidation sites excluding steroid dienone is 4. The second kappa shape index (κ2) is 5.14. The van der Waals surface area contributed by atoms with Crippen LogP contribution >= 0.6 is 0 Å². The summed E-state index contributed by atoms with van der Waals surface area (Å²) in [5.41, 5.74) is 3.52. The van der Waals surface area contributed by atoms with Crippen LogP contribution in [0.3, 0.4) is 0 Å². The highest BCUT2D eigenvalue weighted by atomic mass is 14.3. The molecule has 0 heterocycles. The first-order valence-electron chi connectivity index (χ1n) is 5.64. The molecule has 0 fully saturated rings. The van der Waals surface area contributed by atoms with E-state index in [0.717, 1.165) is 24.8 Å². The van der Waals surface area contributed by atoms with E-state index in [1.807, 2.05) is 36.4 Å². The smallest absolute Gasteiger partial charge is 0.132 e. The molecule has 0 aromatic heterocycles. The monoisotopic (exact) mass is 220 g/mol. The second-order valence-electron chi connectivity index (χ2n) is 4.01. The topological polar surface area (TPSA) is 47.6 Å². The van der Waals surface area contributed by atoms with Gasteiger partial charge in [0.1, 0.15) is 17.7 Å². The lowest BCUT2D eigenvalue weighted by atomic mass is 9.89. The summed E-state index contributed by atoms with van der Waals surface area (Å²) in [6, 6.07) is 14.1. The predicted molar refractivity (Wildman–Crippen MR) is 66.5 cm³/mol. The van der Waals surface area contributed by atoms with Gasteiger partial charge in [0.25, 0.3) is 0 Å². The Bertz CT molecular complexity index is 535. The zero-order valence-corrected chi connectivity index (χ0v) is 9.48. The second-order valence-corrected chi connectivity index (χ2v) is 4.01. The van der Waals surface area contributed by atoms with Crippen molar-refractivity contribution in [3.63, 3.8) is 0 Å². The minimum Gasteiger partial charge on any atom is -0.192 e. The Labute approximate surface area is 101 Å². The molecule has 2 nitrogen and oxygen atoms in total. The zero-order chi connectivity index (χ0) is 12.1. The summed E-state index contributed by atoms with van der Waals surface area (Å²) in [5.74, 6) is 0. The molecular formula is C15H12N2. The van der Waals surface area contributed by atoms with Crippen molar-refractivity contribution in [2.75, 3.05) is 0 Å². The normalized spacial score (nSPS) is 14.5. The molecule has 1 aliphatic carbocycles. The van der Waals surface area contributed by atoms with Crippen LogP contribution in [0.4, 0.5) is 0 Å². The maximum atomic E-state index is 8.88. The fourth-order valence-corrected chi connectivity index (χ4v) is 2.07. The average Bonchev–Trinajstić information content (AvgIpc) is 2.42. The van der Waals surface area contributed by atoms with Gasteiger partial charge in [-0.05, 0) is 36.0 Å². The van der Waals surface area contributed by atoms with Crippen LogP contribution in [-0.4, -0.2) is 0 Å². The molecule has 0 amide bonds. The van der Waals surface area contributed by atoms with E-state index in [-0.39, 0.29) is 5.57 Å². The van der Waals surface area contributed by atoms with Crippen LogP contribution < -0.4 is 0 Å². The summed E-state index contributed by atoms with van der Waals surface area (Å²) < 4.78 is 0. The summed E-state index contributed by atoms with van der Waals surface area (Å²) in [6.45, 7) is 0. The molecule has 0 atom stereocenters. The molecule has 0 unspecified atom stereocenters. The molecule has 2 rings (SSSR count). The van der Waals surface area contributed by atoms with Gasteiger partial charge in [0.2, 0.25) is 0 Å². The van der Waals surface area contributed by atoms with Crippen molar-refractivity contribution < 1.29 is 0 Å². The molecule has 0 saturated carbocycles. The highest BCUT2D eigenvalue weighted by Gasteiger charge is 2.12. The first kappa shape index (κ1) is 11.2. The standard InChI is InChI=1S/C15H12N2/c16-10-15(11-17)14-8-4-7-13(9-14)12-5-2-1-3-6-12/h1-3,5-6,9H,4,7-8H2. The lowest BCUT2D eigenvalue weighted by Gasteiger charge is -2.15. The predicted octanol–water partition coefficient (Wildman–Crippen LogP) is 3.60. The SMILES string of the molecule is N#CC(C#N)=C1C=C(c2ccccc2)CCC1. The van der Waals surface area contributed by atoms with E-state index in [1.165, 1.54) is 11.1 Å². The molecule has 1 aromatic carbocycles. The van der Waals surface area contributed by atoms with Crippen molar-refractivity contribution in [2.45, 2.75) is 19.3 Å². The van der Waals surface area contributed by atoms with E-state index in [4.69, 9.17) is 10.5 Å². The van der Waals surface area contributed by atoms with E-state index in [0.29, 0.717) is 0 Å². The van der Waals surface area contributed by atoms with Gasteiger partial charge in [-0.25, -0.2) is 0 Å². The molecule has 0 saturated heterocycles. The van der Waals surface area contributed by atoms with Gasteiger partial charge in [-0.15, -0.1) is 0 Å². The molecule has 0 radical (unpaired) electrons. The zero-order valence-electron chi connectivity index (χ0n) is 9.48. The number of benzene rings is 1. The summed E-state index contributed by atoms with van der Waals surface area (Å²) in [7, 11) is 0. The highest BCUT2D eigenvalue weighted by Crippen LogP contribution is 2.30. The Hall–Kier alpha value is -2.32.